The summed E-state index contributed by atoms with van der Waals surface area (Å²) in [6, 6.07) is 4.96. The van der Waals surface area contributed by atoms with Crippen molar-refractivity contribution in [2.45, 2.75) is 60.4 Å². The van der Waals surface area contributed by atoms with Gasteiger partial charge in [-0.05, 0) is 36.3 Å². The van der Waals surface area contributed by atoms with E-state index in [1.165, 1.54) is 30.7 Å². The van der Waals surface area contributed by atoms with E-state index in [9.17, 15) is 9.18 Å². The molecule has 9 heteroatoms. The van der Waals surface area contributed by atoms with Crippen LogP contribution in [0.4, 0.5) is 4.39 Å². The zero-order valence-corrected chi connectivity index (χ0v) is 21.3. The van der Waals surface area contributed by atoms with E-state index in [-0.39, 0.29) is 16.9 Å². The Morgan fingerprint density at radius 2 is 1.97 bits per heavy atom. The molecule has 0 atom stereocenters. The van der Waals surface area contributed by atoms with Crippen LogP contribution in [0, 0.1) is 5.82 Å². The van der Waals surface area contributed by atoms with Gasteiger partial charge in [0.2, 0.25) is 5.91 Å². The molecule has 0 unspecified atom stereocenters. The summed E-state index contributed by atoms with van der Waals surface area (Å²) in [7, 11) is 1.48. The number of nitrogens with zero attached hydrogens (tertiary/aromatic N) is 4. The van der Waals surface area contributed by atoms with Crippen molar-refractivity contribution in [2.24, 2.45) is 0 Å². The molecule has 182 valence electrons. The zero-order valence-electron chi connectivity index (χ0n) is 20.5. The number of carbonyl (C=O) groups excluding carboxylic acids is 1. The molecule has 0 aliphatic carbocycles. The highest BCUT2D eigenvalue weighted by atomic mass is 32.1. The van der Waals surface area contributed by atoms with E-state index in [0.717, 1.165) is 5.57 Å². The van der Waals surface area contributed by atoms with Crippen LogP contribution < -0.4 is 5.32 Å². The van der Waals surface area contributed by atoms with Crippen LogP contribution in [0.15, 0.2) is 30.5 Å². The van der Waals surface area contributed by atoms with Crippen molar-refractivity contribution < 1.29 is 13.9 Å². The first-order chi connectivity index (χ1) is 15.9. The van der Waals surface area contributed by atoms with Gasteiger partial charge >= 0.3 is 0 Å². The fourth-order valence-electron chi connectivity index (χ4n) is 2.85. The van der Waals surface area contributed by atoms with Gasteiger partial charge in [0.25, 0.3) is 5.17 Å². The Balaban J connectivity index is 0.000000820. The van der Waals surface area contributed by atoms with Crippen molar-refractivity contribution in [3.63, 3.8) is 0 Å². The molecule has 0 bridgehead atoms. The van der Waals surface area contributed by atoms with Crippen LogP contribution in [0.25, 0.3) is 11.3 Å². The molecule has 1 aromatic heterocycles. The molecule has 7 nitrogen and oxygen atoms in total. The summed E-state index contributed by atoms with van der Waals surface area (Å²) in [6.45, 7) is 11.4. The number of aromatic nitrogens is 3. The fraction of sp³-hybridized carbons (Fsp3) is 0.500. The molecule has 2 heterocycles. The van der Waals surface area contributed by atoms with Gasteiger partial charge in [-0.15, -0.1) is 5.10 Å². The number of methoxy groups -OCH3 is 1. The molecular formula is C24H36FN5O2S. The number of unbranched alkanes of at least 4 members (excludes halogenated alkanes) is 1. The standard InChI is InChI=1S/C18H20FN5O2S.C4H10.C2H6/c1-12(25)23-7-5-13(6-8-23)16-4-3-15(9-17(16)19)24-11-14(21-22-24)10-20-18(27)26-2;1-3-4-2;1-2/h3-5,9,11H,6-8,10H2,1-2H3,(H,20,27);3-4H2,1-2H3;1-2H3. The molecule has 0 fully saturated rings. The molecule has 1 aliphatic heterocycles. The molecule has 0 radical (unpaired) electrons. The lowest BCUT2D eigenvalue weighted by Crippen LogP contribution is -2.32. The van der Waals surface area contributed by atoms with Crippen molar-refractivity contribution in [3.05, 3.63) is 47.5 Å². The Kier molecular flexibility index (Phi) is 12.9. The van der Waals surface area contributed by atoms with Crippen molar-refractivity contribution >= 4 is 28.9 Å². The Bertz CT molecular complexity index is 927. The first kappa shape index (κ1) is 28.2. The van der Waals surface area contributed by atoms with Crippen LogP contribution in [0.3, 0.4) is 0 Å². The molecule has 33 heavy (non-hydrogen) atoms. The van der Waals surface area contributed by atoms with E-state index >= 15 is 0 Å². The predicted molar refractivity (Wildman–Crippen MR) is 135 cm³/mol. The third kappa shape index (κ3) is 8.92. The van der Waals surface area contributed by atoms with Gasteiger partial charge in [-0.25, -0.2) is 9.07 Å². The molecule has 0 spiro atoms. The number of thiocarbonyl (C=S) groups is 1. The summed E-state index contributed by atoms with van der Waals surface area (Å²) in [5, 5.41) is 11.2. The number of halogens is 1. The topological polar surface area (TPSA) is 72.3 Å². The molecule has 1 N–H and O–H groups in total. The average molecular weight is 478 g/mol. The van der Waals surface area contributed by atoms with E-state index in [1.807, 2.05) is 19.9 Å². The summed E-state index contributed by atoms with van der Waals surface area (Å²) in [4.78, 5) is 13.1. The van der Waals surface area contributed by atoms with Crippen molar-refractivity contribution in [3.8, 4) is 5.69 Å². The van der Waals surface area contributed by atoms with Crippen LogP contribution in [0.5, 0.6) is 0 Å². The maximum Gasteiger partial charge on any atom is 0.256 e. The summed E-state index contributed by atoms with van der Waals surface area (Å²) < 4.78 is 21.0. The van der Waals surface area contributed by atoms with E-state index < -0.39 is 0 Å². The number of hydrogen-bond acceptors (Lipinski definition) is 5. The van der Waals surface area contributed by atoms with Crippen molar-refractivity contribution in [1.29, 1.82) is 0 Å². The highest BCUT2D eigenvalue weighted by Gasteiger charge is 2.17. The van der Waals surface area contributed by atoms with Gasteiger partial charge in [0.05, 0.1) is 25.5 Å². The van der Waals surface area contributed by atoms with Crippen molar-refractivity contribution in [2.75, 3.05) is 20.2 Å². The lowest BCUT2D eigenvalue weighted by Gasteiger charge is -2.25. The lowest BCUT2D eigenvalue weighted by atomic mass is 9.98. The molecular weight excluding hydrogens is 441 g/mol. The Morgan fingerprint density at radius 3 is 2.48 bits per heavy atom. The molecule has 3 rings (SSSR count). The Labute approximate surface area is 202 Å². The summed E-state index contributed by atoms with van der Waals surface area (Å²) >= 11 is 4.90. The Hall–Kier alpha value is -2.81. The monoisotopic (exact) mass is 477 g/mol. The molecule has 1 aromatic carbocycles. The maximum atomic E-state index is 14.7. The second kappa shape index (κ2) is 15.1. The largest absolute Gasteiger partial charge is 0.474 e. The highest BCUT2D eigenvalue weighted by Crippen LogP contribution is 2.26. The molecule has 1 amide bonds. The number of amides is 1. The number of ether oxygens (including phenoxy) is 1. The van der Waals surface area contributed by atoms with Gasteiger partial charge in [0.1, 0.15) is 11.5 Å². The molecule has 1 aliphatic rings. The average Bonchev–Trinajstić information content (AvgIpc) is 3.33. The summed E-state index contributed by atoms with van der Waals surface area (Å²) in [5.74, 6) is -0.297. The number of rotatable bonds is 5. The van der Waals surface area contributed by atoms with Gasteiger partial charge in [-0.2, -0.15) is 0 Å². The third-order valence-corrected chi connectivity index (χ3v) is 5.17. The summed E-state index contributed by atoms with van der Waals surface area (Å²) in [5.41, 5.74) is 2.69. The second-order valence-corrected chi connectivity index (χ2v) is 7.48. The lowest BCUT2D eigenvalue weighted by molar-refractivity contribution is -0.128. The first-order valence-corrected chi connectivity index (χ1v) is 11.8. The quantitative estimate of drug-likeness (QED) is 0.618. The van der Waals surface area contributed by atoms with Crippen molar-refractivity contribution in [1.82, 2.24) is 25.2 Å². The van der Waals surface area contributed by atoms with Gasteiger partial charge < -0.3 is 15.0 Å². The van der Waals surface area contributed by atoms with Crippen LogP contribution in [0.2, 0.25) is 0 Å². The van der Waals surface area contributed by atoms with Gasteiger partial charge in [0, 0.05) is 31.6 Å². The SMILES string of the molecule is CC.CCCC.COC(=S)NCc1cn(-c2ccc(C3=CCN(C(C)=O)CC3)c(F)c2)nn1. The molecule has 2 aromatic rings. The van der Waals surface area contributed by atoms with Gasteiger partial charge in [0.15, 0.2) is 0 Å². The van der Waals surface area contributed by atoms with Gasteiger partial charge in [-0.1, -0.05) is 51.8 Å². The second-order valence-electron chi connectivity index (χ2n) is 7.11. The fourth-order valence-corrected chi connectivity index (χ4v) is 2.92. The highest BCUT2D eigenvalue weighted by molar-refractivity contribution is 7.80. The van der Waals surface area contributed by atoms with E-state index in [0.29, 0.717) is 43.0 Å². The summed E-state index contributed by atoms with van der Waals surface area (Å²) in [6.07, 6.45) is 6.87. The minimum atomic E-state index is -0.328. The zero-order chi connectivity index (χ0) is 24.8. The normalized spacial score (nSPS) is 12.5. The minimum Gasteiger partial charge on any atom is -0.474 e. The number of hydrogen-bond donors (Lipinski definition) is 1. The van der Waals surface area contributed by atoms with Crippen LogP contribution in [0.1, 0.15) is 65.1 Å². The minimum absolute atomic E-state index is 0.0313. The predicted octanol–water partition coefficient (Wildman–Crippen LogP) is 4.90. The maximum absolute atomic E-state index is 14.7. The van der Waals surface area contributed by atoms with Gasteiger partial charge in [-0.3, -0.25) is 4.79 Å². The van der Waals surface area contributed by atoms with E-state index in [4.69, 9.17) is 17.0 Å². The third-order valence-electron chi connectivity index (χ3n) is 4.86. The first-order valence-electron chi connectivity index (χ1n) is 11.4. The number of nitrogens with one attached hydrogen (secondary N) is 1. The molecule has 0 saturated heterocycles. The van der Waals surface area contributed by atoms with Crippen LogP contribution in [-0.4, -0.2) is 51.2 Å². The van der Waals surface area contributed by atoms with Crippen LogP contribution >= 0.6 is 12.2 Å². The Morgan fingerprint density at radius 1 is 1.27 bits per heavy atom. The van der Waals surface area contributed by atoms with Crippen LogP contribution in [-0.2, 0) is 16.1 Å². The number of carbonyl (C=O) groups is 1. The smallest absolute Gasteiger partial charge is 0.256 e. The van der Waals surface area contributed by atoms with E-state index in [1.54, 1.807) is 30.2 Å². The van der Waals surface area contributed by atoms with E-state index in [2.05, 4.69) is 29.5 Å². The molecule has 0 saturated carbocycles. The number of benzene rings is 1.